The Morgan fingerprint density at radius 3 is 2.20 bits per heavy atom. The molecule has 8 nitrogen and oxygen atoms in total. The van der Waals surface area contributed by atoms with Gasteiger partial charge >= 0.3 is 0 Å². The van der Waals surface area contributed by atoms with Crippen LogP contribution >= 0.6 is 15.9 Å². The summed E-state index contributed by atoms with van der Waals surface area (Å²) < 4.78 is 33.2. The van der Waals surface area contributed by atoms with Crippen LogP contribution in [0.4, 0.5) is 5.69 Å². The van der Waals surface area contributed by atoms with Crippen molar-refractivity contribution in [3.8, 4) is 5.75 Å². The first-order valence-corrected chi connectivity index (χ1v) is 13.0. The second-order valence-corrected chi connectivity index (χ2v) is 10.4. The van der Waals surface area contributed by atoms with Crippen LogP contribution in [0.3, 0.4) is 0 Å². The molecule has 0 saturated heterocycles. The fourth-order valence-corrected chi connectivity index (χ4v) is 4.57. The molecule has 2 amide bonds. The SMILES string of the molecule is COc1ccc(N(C)C(=O)[C@H](Cc2ccccc2)NC(=O)CNS(=O)(=O)c2ccc(Br)cc2)cc1. The number of halogens is 1. The van der Waals surface area contributed by atoms with Crippen molar-refractivity contribution in [3.05, 3.63) is 88.9 Å². The van der Waals surface area contributed by atoms with E-state index in [0.717, 1.165) is 10.0 Å². The summed E-state index contributed by atoms with van der Waals surface area (Å²) in [6.45, 7) is -0.511. The largest absolute Gasteiger partial charge is 0.497 e. The number of benzene rings is 3. The lowest BCUT2D eigenvalue weighted by Crippen LogP contribution is -2.51. The smallest absolute Gasteiger partial charge is 0.249 e. The van der Waals surface area contributed by atoms with Crippen molar-refractivity contribution in [1.82, 2.24) is 10.0 Å². The van der Waals surface area contributed by atoms with Gasteiger partial charge < -0.3 is 15.0 Å². The van der Waals surface area contributed by atoms with Gasteiger partial charge in [-0.3, -0.25) is 9.59 Å². The Bertz CT molecular complexity index is 1250. The Morgan fingerprint density at radius 2 is 1.60 bits per heavy atom. The number of carbonyl (C=O) groups excluding carboxylic acids is 2. The molecule has 0 saturated carbocycles. The van der Waals surface area contributed by atoms with Gasteiger partial charge in [0.05, 0.1) is 18.6 Å². The van der Waals surface area contributed by atoms with E-state index in [4.69, 9.17) is 4.74 Å². The fourth-order valence-electron chi connectivity index (χ4n) is 3.32. The zero-order valence-corrected chi connectivity index (χ0v) is 21.7. The van der Waals surface area contributed by atoms with Gasteiger partial charge in [0.25, 0.3) is 0 Å². The number of anilines is 1. The van der Waals surface area contributed by atoms with Crippen LogP contribution in [0.1, 0.15) is 5.56 Å². The van der Waals surface area contributed by atoms with Gasteiger partial charge in [-0.15, -0.1) is 0 Å². The molecular weight excluding hydrogens is 534 g/mol. The minimum atomic E-state index is -3.89. The predicted molar refractivity (Wildman–Crippen MR) is 138 cm³/mol. The number of ether oxygens (including phenoxy) is 1. The highest BCUT2D eigenvalue weighted by molar-refractivity contribution is 9.10. The Kier molecular flexibility index (Phi) is 9.02. The van der Waals surface area contributed by atoms with Gasteiger partial charge in [-0.05, 0) is 54.1 Å². The van der Waals surface area contributed by atoms with Crippen LogP contribution in [0.25, 0.3) is 0 Å². The molecule has 10 heteroatoms. The monoisotopic (exact) mass is 559 g/mol. The Morgan fingerprint density at radius 1 is 0.971 bits per heavy atom. The molecule has 0 radical (unpaired) electrons. The molecule has 1 atom stereocenters. The van der Waals surface area contributed by atoms with Gasteiger partial charge in [0.1, 0.15) is 11.8 Å². The van der Waals surface area contributed by atoms with Crippen LogP contribution in [0.5, 0.6) is 5.75 Å². The third kappa shape index (κ3) is 7.38. The number of hydrogen-bond acceptors (Lipinski definition) is 5. The van der Waals surface area contributed by atoms with E-state index in [2.05, 4.69) is 26.0 Å². The number of nitrogens with zero attached hydrogens (tertiary/aromatic N) is 1. The number of likely N-dealkylation sites (N-methyl/N-ethyl adjacent to an activating group) is 1. The van der Waals surface area contributed by atoms with E-state index in [9.17, 15) is 18.0 Å². The average molecular weight is 560 g/mol. The molecule has 0 bridgehead atoms. The van der Waals surface area contributed by atoms with Gasteiger partial charge in [0, 0.05) is 23.6 Å². The maximum Gasteiger partial charge on any atom is 0.249 e. The Balaban J connectivity index is 1.72. The lowest BCUT2D eigenvalue weighted by molar-refractivity contribution is -0.126. The van der Waals surface area contributed by atoms with Crippen molar-refractivity contribution in [2.75, 3.05) is 25.6 Å². The lowest BCUT2D eigenvalue weighted by Gasteiger charge is -2.25. The summed E-state index contributed by atoms with van der Waals surface area (Å²) in [5.41, 5.74) is 1.48. The molecular formula is C25H26BrN3O5S. The maximum absolute atomic E-state index is 13.3. The fraction of sp³-hybridized carbons (Fsp3) is 0.200. The van der Waals surface area contributed by atoms with Crippen molar-refractivity contribution in [3.63, 3.8) is 0 Å². The predicted octanol–water partition coefficient (Wildman–Crippen LogP) is 3.13. The van der Waals surface area contributed by atoms with Crippen molar-refractivity contribution in [1.29, 1.82) is 0 Å². The summed E-state index contributed by atoms with van der Waals surface area (Å²) in [4.78, 5) is 27.5. The quantitative estimate of drug-likeness (QED) is 0.397. The maximum atomic E-state index is 13.3. The second-order valence-electron chi connectivity index (χ2n) is 7.68. The number of rotatable bonds is 10. The van der Waals surface area contributed by atoms with Crippen molar-refractivity contribution < 1.29 is 22.7 Å². The Hall–Kier alpha value is -3.21. The van der Waals surface area contributed by atoms with Crippen molar-refractivity contribution in [2.45, 2.75) is 17.4 Å². The molecule has 0 spiro atoms. The number of methoxy groups -OCH3 is 1. The molecule has 0 aliphatic rings. The van der Waals surface area contributed by atoms with E-state index in [1.807, 2.05) is 30.3 Å². The first kappa shape index (κ1) is 26.4. The summed E-state index contributed by atoms with van der Waals surface area (Å²) in [5.74, 6) is -0.312. The molecule has 2 N–H and O–H groups in total. The van der Waals surface area contributed by atoms with Crippen LogP contribution in [0, 0.1) is 0 Å². The van der Waals surface area contributed by atoms with Gasteiger partial charge in [-0.25, -0.2) is 13.1 Å². The zero-order chi connectivity index (χ0) is 25.4. The second kappa shape index (κ2) is 12.0. The van der Waals surface area contributed by atoms with Crippen LogP contribution in [0.15, 0.2) is 88.2 Å². The van der Waals surface area contributed by atoms with E-state index in [-0.39, 0.29) is 17.2 Å². The number of carbonyl (C=O) groups is 2. The summed E-state index contributed by atoms with van der Waals surface area (Å²) >= 11 is 3.26. The van der Waals surface area contributed by atoms with E-state index in [1.165, 1.54) is 17.0 Å². The van der Waals surface area contributed by atoms with E-state index in [1.54, 1.807) is 50.6 Å². The molecule has 0 aliphatic heterocycles. The summed E-state index contributed by atoms with van der Waals surface area (Å²) in [7, 11) is -0.720. The summed E-state index contributed by atoms with van der Waals surface area (Å²) in [5, 5.41) is 2.68. The van der Waals surface area contributed by atoms with Gasteiger partial charge in [-0.1, -0.05) is 46.3 Å². The van der Waals surface area contributed by atoms with Gasteiger partial charge in [0.15, 0.2) is 0 Å². The lowest BCUT2D eigenvalue weighted by atomic mass is 10.0. The molecule has 0 aromatic heterocycles. The Labute approximate surface area is 213 Å². The topological polar surface area (TPSA) is 105 Å². The summed E-state index contributed by atoms with van der Waals surface area (Å²) in [6.07, 6.45) is 0.241. The van der Waals surface area contributed by atoms with Crippen LogP contribution < -0.4 is 19.7 Å². The molecule has 0 unspecified atom stereocenters. The number of amides is 2. The van der Waals surface area contributed by atoms with E-state index >= 15 is 0 Å². The van der Waals surface area contributed by atoms with Crippen LogP contribution in [-0.2, 0) is 26.0 Å². The zero-order valence-electron chi connectivity index (χ0n) is 19.3. The molecule has 184 valence electrons. The minimum absolute atomic E-state index is 0.0321. The normalized spacial score (nSPS) is 12.0. The first-order chi connectivity index (χ1) is 16.7. The van der Waals surface area contributed by atoms with E-state index in [0.29, 0.717) is 11.4 Å². The standard InChI is InChI=1S/C25H26BrN3O5S/c1-29(20-10-12-21(34-2)13-11-20)25(31)23(16-18-6-4-3-5-7-18)28-24(30)17-27-35(32,33)22-14-8-19(26)9-15-22/h3-15,23,27H,16-17H2,1-2H3,(H,28,30)/t23-/m0/s1. The third-order valence-corrected chi connectivity index (χ3v) is 7.20. The third-order valence-electron chi connectivity index (χ3n) is 5.25. The molecule has 35 heavy (non-hydrogen) atoms. The van der Waals surface area contributed by atoms with Crippen LogP contribution in [-0.4, -0.2) is 47.0 Å². The average Bonchev–Trinajstić information content (AvgIpc) is 2.87. The number of nitrogens with one attached hydrogen (secondary N) is 2. The molecule has 0 fully saturated rings. The molecule has 3 aromatic rings. The van der Waals surface area contributed by atoms with Crippen LogP contribution in [0.2, 0.25) is 0 Å². The molecule has 0 aliphatic carbocycles. The highest BCUT2D eigenvalue weighted by Gasteiger charge is 2.26. The highest BCUT2D eigenvalue weighted by Crippen LogP contribution is 2.19. The molecule has 0 heterocycles. The number of sulfonamides is 1. The minimum Gasteiger partial charge on any atom is -0.497 e. The van der Waals surface area contributed by atoms with E-state index < -0.39 is 28.5 Å². The highest BCUT2D eigenvalue weighted by atomic mass is 79.9. The van der Waals surface area contributed by atoms with Crippen molar-refractivity contribution >= 4 is 43.5 Å². The van der Waals surface area contributed by atoms with Crippen molar-refractivity contribution in [2.24, 2.45) is 0 Å². The number of hydrogen-bond donors (Lipinski definition) is 2. The molecule has 3 rings (SSSR count). The first-order valence-electron chi connectivity index (χ1n) is 10.7. The molecule has 3 aromatic carbocycles. The van der Waals surface area contributed by atoms with Gasteiger partial charge in [-0.2, -0.15) is 0 Å². The van der Waals surface area contributed by atoms with Gasteiger partial charge in [0.2, 0.25) is 21.8 Å². The summed E-state index contributed by atoms with van der Waals surface area (Å²) in [6, 6.07) is 21.4.